The molecular formula is C62H93NO16Si. The van der Waals surface area contributed by atoms with Crippen molar-refractivity contribution in [3.63, 3.8) is 0 Å². The topological polar surface area (TPSA) is 185 Å². The summed E-state index contributed by atoms with van der Waals surface area (Å²) in [4.78, 5) is 43.4. The summed E-state index contributed by atoms with van der Waals surface area (Å²) in [5, 5.41) is 14.2. The second-order valence-corrected chi connectivity index (χ2v) is 27.5. The maximum absolute atomic E-state index is 14.3. The number of rotatable bonds is 19. The molecule has 4 heterocycles. The first kappa shape index (κ1) is 65.2. The second kappa shape index (κ2) is 30.0. The Morgan fingerprint density at radius 2 is 1.43 bits per heavy atom. The molecular weight excluding hydrogens is 1040 g/mol. The van der Waals surface area contributed by atoms with Crippen LogP contribution in [0.2, 0.25) is 5.04 Å². The monoisotopic (exact) mass is 1140 g/mol. The normalized spacial score (nSPS) is 34.8. The van der Waals surface area contributed by atoms with Gasteiger partial charge in [-0.25, -0.2) is 0 Å². The van der Waals surface area contributed by atoms with Gasteiger partial charge >= 0.3 is 11.9 Å². The van der Waals surface area contributed by atoms with Crippen LogP contribution < -0.4 is 10.4 Å². The minimum atomic E-state index is -3.09. The number of aliphatic hydroxyl groups is 1. The Labute approximate surface area is 477 Å². The molecule has 4 aliphatic heterocycles. The predicted octanol–water partition coefficient (Wildman–Crippen LogP) is 7.10. The Morgan fingerprint density at radius 1 is 0.825 bits per heavy atom. The van der Waals surface area contributed by atoms with Gasteiger partial charge in [0.2, 0.25) is 0 Å². The van der Waals surface area contributed by atoms with Crippen LogP contribution in [0.15, 0.2) is 97.1 Å². The lowest BCUT2D eigenvalue weighted by Gasteiger charge is -2.51. The number of methoxy groups -OCH3 is 2. The van der Waals surface area contributed by atoms with Crippen LogP contribution in [-0.2, 0) is 70.9 Å². The van der Waals surface area contributed by atoms with Gasteiger partial charge in [0.25, 0.3) is 8.32 Å². The number of nitrogens with zero attached hydrogens (tertiary/aromatic N) is 1. The van der Waals surface area contributed by atoms with Crippen LogP contribution in [0.3, 0.4) is 0 Å². The fourth-order valence-corrected chi connectivity index (χ4v) is 16.9. The minimum Gasteiger partial charge on any atom is -0.462 e. The predicted molar refractivity (Wildman–Crippen MR) is 305 cm³/mol. The highest BCUT2D eigenvalue weighted by molar-refractivity contribution is 6.99. The molecule has 0 amide bonds. The zero-order valence-corrected chi connectivity index (χ0v) is 50.9. The molecule has 6 rings (SSSR count). The summed E-state index contributed by atoms with van der Waals surface area (Å²) in [6, 6.07) is 20.3. The molecule has 446 valence electrons. The summed E-state index contributed by atoms with van der Waals surface area (Å²) >= 11 is 0. The number of aliphatic hydroxyl groups excluding tert-OH is 1. The largest absolute Gasteiger partial charge is 0.462 e. The average Bonchev–Trinajstić information content (AvgIpc) is 4.09. The van der Waals surface area contributed by atoms with E-state index in [1.165, 1.54) is 6.92 Å². The number of carbonyl (C=O) groups excluding carboxylic acids is 3. The van der Waals surface area contributed by atoms with Gasteiger partial charge in [0.05, 0.1) is 63.3 Å². The van der Waals surface area contributed by atoms with Gasteiger partial charge in [-0.2, -0.15) is 0 Å². The molecule has 4 aliphatic rings. The first-order chi connectivity index (χ1) is 38.1. The molecule has 3 fully saturated rings. The van der Waals surface area contributed by atoms with E-state index in [1.807, 2.05) is 96.1 Å². The molecule has 0 unspecified atom stereocenters. The third-order valence-electron chi connectivity index (χ3n) is 16.2. The van der Waals surface area contributed by atoms with Crippen molar-refractivity contribution in [2.75, 3.05) is 54.7 Å². The van der Waals surface area contributed by atoms with E-state index in [1.54, 1.807) is 39.4 Å². The number of benzene rings is 2. The molecule has 3 saturated heterocycles. The van der Waals surface area contributed by atoms with Crippen LogP contribution in [0.1, 0.15) is 94.9 Å². The Balaban J connectivity index is 1.30. The fourth-order valence-electron chi connectivity index (χ4n) is 12.2. The zero-order valence-electron chi connectivity index (χ0n) is 49.9. The van der Waals surface area contributed by atoms with Crippen molar-refractivity contribution in [3.05, 3.63) is 97.1 Å². The molecule has 80 heavy (non-hydrogen) atoms. The molecule has 2 aromatic rings. The lowest BCUT2D eigenvalue weighted by Crippen LogP contribution is -2.71. The highest BCUT2D eigenvalue weighted by Gasteiger charge is 2.57. The van der Waals surface area contributed by atoms with Crippen molar-refractivity contribution < 1.29 is 76.0 Å². The molecule has 17 nitrogen and oxygen atoms in total. The Hall–Kier alpha value is -3.99. The third kappa shape index (κ3) is 16.0. The maximum Gasteiger partial charge on any atom is 0.308 e. The number of esters is 2. The van der Waals surface area contributed by atoms with Crippen LogP contribution in [0, 0.1) is 23.7 Å². The number of ketones is 1. The van der Waals surface area contributed by atoms with Crippen molar-refractivity contribution in [3.8, 4) is 0 Å². The first-order valence-electron chi connectivity index (χ1n) is 28.6. The van der Waals surface area contributed by atoms with Gasteiger partial charge in [0.1, 0.15) is 30.5 Å². The second-order valence-electron chi connectivity index (χ2n) is 23.3. The van der Waals surface area contributed by atoms with Gasteiger partial charge in [-0.1, -0.05) is 126 Å². The highest BCUT2D eigenvalue weighted by atomic mass is 28.4. The zero-order chi connectivity index (χ0) is 58.5. The quantitative estimate of drug-likeness (QED) is 0.0852. The van der Waals surface area contributed by atoms with Gasteiger partial charge in [-0.3, -0.25) is 14.4 Å². The molecule has 0 aliphatic carbocycles. The fraction of sp³-hybridized carbons (Fsp3) is 0.661. The van der Waals surface area contributed by atoms with E-state index in [9.17, 15) is 19.5 Å². The van der Waals surface area contributed by atoms with E-state index in [4.69, 9.17) is 56.5 Å². The van der Waals surface area contributed by atoms with E-state index in [0.717, 1.165) is 15.9 Å². The van der Waals surface area contributed by atoms with E-state index >= 15 is 0 Å². The van der Waals surface area contributed by atoms with Crippen molar-refractivity contribution in [2.45, 2.75) is 186 Å². The van der Waals surface area contributed by atoms with Gasteiger partial charge in [-0.15, -0.1) is 6.58 Å². The standard InChI is InChI=1S/C62H93NO16Si/c1-16-30-72-55-41(6)75-61(57(76-43(8)64)53(55)63(12)13)78-54-40(5)49(66)36-51(67)77-50(17-2)45(33-38(3)28-29-48(65)39(4)34-44(54)35-52-70-31-32-71-52)37-73-60-59(69-15)58(68-14)56(42(7)74-60)79-80(62(9,10)11,46-24-20-18-21-25-46)47-26-22-19-23-27-47/h16,18-29,33,39-42,44-45,49-50,52-61,66H,1,17,30-32,34-37H2,2-15H3/b29-28+,38-33+/t39-,40+,41-,42-,44-,45-,49-,50-,53+,54-,55-,56-,57-,58-,59-,60-,61+/m1/s1. The number of hydrogen-bond acceptors (Lipinski definition) is 17. The molecule has 0 bridgehead atoms. The third-order valence-corrected chi connectivity index (χ3v) is 21.3. The molecule has 1 N–H and O–H groups in total. The summed E-state index contributed by atoms with van der Waals surface area (Å²) in [5.41, 5.74) is 0.737. The van der Waals surface area contributed by atoms with E-state index < -0.39 is 136 Å². The molecule has 0 saturated carbocycles. The summed E-state index contributed by atoms with van der Waals surface area (Å²) in [6.45, 7) is 24.1. The Bertz CT molecular complexity index is 2280. The van der Waals surface area contributed by atoms with E-state index in [-0.39, 0.29) is 30.5 Å². The maximum atomic E-state index is 14.3. The SMILES string of the molecule is C=CCO[C@H]1[C@H](N(C)C)[C@@H](OC(C)=O)[C@H](O[C@H]2[C@@H](CC3OCCO3)C[C@@H](C)C(=O)/C=C/C(C)=C/[C@H](CO[C@@H]3O[C@H](C)[C@@H](O[Si](c4ccccc4)(c4ccccc4)C(C)(C)C)[C@@H](OC)[C@H]3OC)[C@@H](CC)OC(=O)C[C@@H](O)[C@@H]2C)O[C@@H]1C. The summed E-state index contributed by atoms with van der Waals surface area (Å²) in [7, 11) is 3.87. The summed E-state index contributed by atoms with van der Waals surface area (Å²) in [6.07, 6.45) is -2.73. The number of ether oxygens (including phenoxy) is 11. The van der Waals surface area contributed by atoms with Crippen molar-refractivity contribution in [2.24, 2.45) is 23.7 Å². The first-order valence-corrected chi connectivity index (χ1v) is 30.5. The van der Waals surface area contributed by atoms with Crippen LogP contribution in [0.5, 0.6) is 0 Å². The molecule has 18 heteroatoms. The molecule has 0 aromatic heterocycles. The van der Waals surface area contributed by atoms with Crippen molar-refractivity contribution in [1.82, 2.24) is 4.90 Å². The number of cyclic esters (lactones) is 1. The molecule has 17 atom stereocenters. The van der Waals surface area contributed by atoms with Crippen molar-refractivity contribution >= 4 is 36.4 Å². The average molecular weight is 1140 g/mol. The van der Waals surface area contributed by atoms with Crippen molar-refractivity contribution in [1.29, 1.82) is 0 Å². The Morgan fingerprint density at radius 3 is 1.98 bits per heavy atom. The van der Waals surface area contributed by atoms with Crippen LogP contribution in [-0.4, -0.2) is 177 Å². The Kier molecular flexibility index (Phi) is 24.4. The number of allylic oxidation sites excluding steroid dienone is 3. The highest BCUT2D eigenvalue weighted by Crippen LogP contribution is 2.42. The number of hydrogen-bond donors (Lipinski definition) is 1. The van der Waals surface area contributed by atoms with Gasteiger partial charge < -0.3 is 66.5 Å². The van der Waals surface area contributed by atoms with Crippen LogP contribution in [0.25, 0.3) is 0 Å². The summed E-state index contributed by atoms with van der Waals surface area (Å²) < 4.78 is 77.8. The van der Waals surface area contributed by atoms with E-state index in [2.05, 4.69) is 51.6 Å². The number of carbonyl (C=O) groups is 3. The lowest BCUT2D eigenvalue weighted by molar-refractivity contribution is -0.311. The van der Waals surface area contributed by atoms with Gasteiger partial charge in [0, 0.05) is 45.3 Å². The van der Waals surface area contributed by atoms with Crippen LogP contribution in [0.4, 0.5) is 0 Å². The molecule has 0 radical (unpaired) electrons. The lowest BCUT2D eigenvalue weighted by atomic mass is 9.79. The smallest absolute Gasteiger partial charge is 0.308 e. The molecule has 0 spiro atoms. The van der Waals surface area contributed by atoms with E-state index in [0.29, 0.717) is 26.1 Å². The summed E-state index contributed by atoms with van der Waals surface area (Å²) in [5.74, 6) is -3.69. The van der Waals surface area contributed by atoms with Gasteiger partial charge in [-0.05, 0) is 75.1 Å². The van der Waals surface area contributed by atoms with Crippen LogP contribution >= 0.6 is 0 Å². The molecule has 2 aromatic carbocycles. The minimum absolute atomic E-state index is 0.0217. The van der Waals surface area contributed by atoms with Gasteiger partial charge in [0.15, 0.2) is 30.8 Å². The number of likely N-dealkylation sites (N-methyl/N-ethyl adjacent to an activating group) is 1.